The number of halogens is 2. The van der Waals surface area contributed by atoms with Crippen LogP contribution in [0.5, 0.6) is 0 Å². The van der Waals surface area contributed by atoms with Crippen molar-refractivity contribution in [3.63, 3.8) is 0 Å². The highest BCUT2D eigenvalue weighted by atomic mass is 79.9. The first kappa shape index (κ1) is 23.2. The van der Waals surface area contributed by atoms with Crippen LogP contribution in [0.2, 0.25) is 0 Å². The van der Waals surface area contributed by atoms with E-state index in [4.69, 9.17) is 0 Å². The van der Waals surface area contributed by atoms with E-state index in [0.29, 0.717) is 24.1 Å². The molecule has 0 spiro atoms. The second-order valence-electron chi connectivity index (χ2n) is 8.36. The van der Waals surface area contributed by atoms with E-state index < -0.39 is 0 Å². The molecule has 1 aliphatic carbocycles. The Morgan fingerprint density at radius 2 is 1.44 bits per heavy atom. The molecular formula is C25H26Br2N2O3. The molecule has 3 amide bonds. The summed E-state index contributed by atoms with van der Waals surface area (Å²) >= 11 is 7.25. The van der Waals surface area contributed by atoms with Crippen LogP contribution in [0.4, 0.5) is 11.4 Å². The summed E-state index contributed by atoms with van der Waals surface area (Å²) < 4.78 is 0. The molecule has 2 aromatic rings. The van der Waals surface area contributed by atoms with Crippen LogP contribution < -0.4 is 10.2 Å². The van der Waals surface area contributed by atoms with Gasteiger partial charge < -0.3 is 5.32 Å². The summed E-state index contributed by atoms with van der Waals surface area (Å²) in [4.78, 5) is 41.4. The number of amides is 3. The van der Waals surface area contributed by atoms with E-state index in [0.717, 1.165) is 29.7 Å². The number of aryl methyl sites for hydroxylation is 2. The van der Waals surface area contributed by atoms with Crippen molar-refractivity contribution in [1.29, 1.82) is 0 Å². The maximum Gasteiger partial charge on any atom is 0.257 e. The van der Waals surface area contributed by atoms with Crippen molar-refractivity contribution < 1.29 is 14.4 Å². The van der Waals surface area contributed by atoms with Gasteiger partial charge in [0.2, 0.25) is 11.8 Å². The molecular weight excluding hydrogens is 536 g/mol. The number of hydrogen-bond acceptors (Lipinski definition) is 3. The summed E-state index contributed by atoms with van der Waals surface area (Å²) in [5.74, 6) is -1.46. The van der Waals surface area contributed by atoms with Crippen LogP contribution in [0.15, 0.2) is 42.5 Å². The summed E-state index contributed by atoms with van der Waals surface area (Å²) in [6, 6.07) is 12.9. The zero-order chi connectivity index (χ0) is 23.0. The number of nitrogens with one attached hydrogen (secondary N) is 1. The molecule has 1 N–H and O–H groups in total. The van der Waals surface area contributed by atoms with Gasteiger partial charge in [0.1, 0.15) is 0 Å². The molecule has 168 valence electrons. The Labute approximate surface area is 205 Å². The number of carbonyl (C=O) groups excluding carboxylic acids is 3. The zero-order valence-electron chi connectivity index (χ0n) is 18.1. The summed E-state index contributed by atoms with van der Waals surface area (Å²) in [5.41, 5.74) is 3.61. The van der Waals surface area contributed by atoms with Crippen molar-refractivity contribution in [3.05, 3.63) is 59.2 Å². The van der Waals surface area contributed by atoms with Gasteiger partial charge in [-0.3, -0.25) is 14.4 Å². The highest BCUT2D eigenvalue weighted by Gasteiger charge is 2.52. The van der Waals surface area contributed by atoms with E-state index >= 15 is 0 Å². The van der Waals surface area contributed by atoms with Crippen LogP contribution in [0.3, 0.4) is 0 Å². The number of fused-ring (bicyclic) bond motifs is 1. The Kier molecular flexibility index (Phi) is 6.86. The molecule has 0 unspecified atom stereocenters. The van der Waals surface area contributed by atoms with Gasteiger partial charge in [-0.15, -0.1) is 0 Å². The van der Waals surface area contributed by atoms with Crippen LogP contribution in [-0.4, -0.2) is 27.4 Å². The Hall–Kier alpha value is -1.99. The number of imide groups is 1. The third kappa shape index (κ3) is 4.05. The van der Waals surface area contributed by atoms with Gasteiger partial charge in [-0.25, -0.2) is 4.90 Å². The van der Waals surface area contributed by atoms with Crippen molar-refractivity contribution in [3.8, 4) is 0 Å². The molecule has 1 saturated heterocycles. The smallest absolute Gasteiger partial charge is 0.257 e. The maximum atomic E-state index is 13.4. The van der Waals surface area contributed by atoms with Crippen LogP contribution in [-0.2, 0) is 22.4 Å². The van der Waals surface area contributed by atoms with E-state index in [1.807, 2.05) is 18.2 Å². The molecule has 4 rings (SSSR count). The van der Waals surface area contributed by atoms with Gasteiger partial charge in [0.15, 0.2) is 0 Å². The predicted molar refractivity (Wildman–Crippen MR) is 134 cm³/mol. The van der Waals surface area contributed by atoms with Crippen LogP contribution >= 0.6 is 31.9 Å². The topological polar surface area (TPSA) is 66.5 Å². The summed E-state index contributed by atoms with van der Waals surface area (Å²) in [7, 11) is 0. The molecule has 0 radical (unpaired) electrons. The number of anilines is 2. The number of alkyl halides is 2. The molecule has 2 aromatic carbocycles. The highest BCUT2D eigenvalue weighted by molar-refractivity contribution is 9.12. The van der Waals surface area contributed by atoms with Gasteiger partial charge in [0, 0.05) is 15.3 Å². The molecule has 0 bridgehead atoms. The van der Waals surface area contributed by atoms with Crippen molar-refractivity contribution in [1.82, 2.24) is 0 Å². The van der Waals surface area contributed by atoms with Gasteiger partial charge >= 0.3 is 0 Å². The van der Waals surface area contributed by atoms with Crippen LogP contribution in [0, 0.1) is 11.8 Å². The lowest BCUT2D eigenvalue weighted by Gasteiger charge is -2.29. The molecule has 4 atom stereocenters. The van der Waals surface area contributed by atoms with Crippen LogP contribution in [0.25, 0.3) is 0 Å². The largest absolute Gasteiger partial charge is 0.321 e. The second-order valence-corrected chi connectivity index (χ2v) is 10.7. The minimum absolute atomic E-state index is 0.136. The molecule has 1 aliphatic heterocycles. The van der Waals surface area contributed by atoms with Crippen molar-refractivity contribution in [2.75, 3.05) is 10.2 Å². The van der Waals surface area contributed by atoms with Gasteiger partial charge in [-0.05, 0) is 48.9 Å². The van der Waals surface area contributed by atoms with E-state index in [9.17, 15) is 14.4 Å². The molecule has 2 fully saturated rings. The fourth-order valence-corrected chi connectivity index (χ4v) is 6.01. The minimum atomic E-state index is -0.357. The van der Waals surface area contributed by atoms with E-state index in [-0.39, 0.29) is 39.2 Å². The fraction of sp³-hybridized carbons (Fsp3) is 0.400. The SMILES string of the molecule is CCc1cccc(CC)c1NC(=O)c1ccccc1N1C(=O)[C@@H]2C[C@@H](Br)[C@@H](Br)C[C@H]2C1=O. The van der Waals surface area contributed by atoms with Crippen molar-refractivity contribution in [2.45, 2.75) is 49.2 Å². The van der Waals surface area contributed by atoms with E-state index in [2.05, 4.69) is 51.0 Å². The Morgan fingerprint density at radius 3 is 1.97 bits per heavy atom. The van der Waals surface area contributed by atoms with Gasteiger partial charge in [0.05, 0.1) is 23.1 Å². The third-order valence-corrected chi connectivity index (χ3v) is 9.27. The lowest BCUT2D eigenvalue weighted by molar-refractivity contribution is -0.122. The zero-order valence-corrected chi connectivity index (χ0v) is 21.3. The predicted octanol–water partition coefficient (Wildman–Crippen LogP) is 5.49. The normalized spacial score (nSPS) is 25.1. The number of hydrogen-bond donors (Lipinski definition) is 1. The maximum absolute atomic E-state index is 13.4. The first-order valence-corrected chi connectivity index (χ1v) is 12.9. The summed E-state index contributed by atoms with van der Waals surface area (Å²) in [5, 5.41) is 3.06. The van der Waals surface area contributed by atoms with Crippen molar-refractivity contribution in [2.24, 2.45) is 11.8 Å². The first-order chi connectivity index (χ1) is 15.4. The Bertz CT molecular complexity index is 1020. The third-order valence-electron chi connectivity index (χ3n) is 6.54. The molecule has 1 heterocycles. The number of rotatable bonds is 5. The monoisotopic (exact) mass is 560 g/mol. The average Bonchev–Trinajstić information content (AvgIpc) is 3.03. The van der Waals surface area contributed by atoms with E-state index in [1.54, 1.807) is 24.3 Å². The minimum Gasteiger partial charge on any atom is -0.321 e. The fourth-order valence-electron chi connectivity index (χ4n) is 4.78. The molecule has 1 saturated carbocycles. The van der Waals surface area contributed by atoms with Crippen LogP contribution in [0.1, 0.15) is 48.2 Å². The number of para-hydroxylation sites is 2. The standard InChI is InChI=1S/C25H26Br2N2O3/c1-3-14-8-7-9-15(4-2)22(14)28-23(30)16-10-5-6-11-21(16)29-24(31)17-12-19(26)20(27)13-18(17)25(29)32/h5-11,17-20H,3-4,12-13H2,1-2H3,(H,28,30)/t17-,18-,19-,20+/m1/s1. The van der Waals surface area contributed by atoms with Gasteiger partial charge in [-0.2, -0.15) is 0 Å². The number of carbonyl (C=O) groups is 3. The first-order valence-electron chi connectivity index (χ1n) is 11.0. The quantitative estimate of drug-likeness (QED) is 0.388. The van der Waals surface area contributed by atoms with Crippen molar-refractivity contribution >= 4 is 61.0 Å². The molecule has 5 nitrogen and oxygen atoms in total. The lowest BCUT2D eigenvalue weighted by Crippen LogP contribution is -2.34. The number of benzene rings is 2. The lowest BCUT2D eigenvalue weighted by atomic mass is 9.81. The number of nitrogens with zero attached hydrogens (tertiary/aromatic N) is 1. The second kappa shape index (κ2) is 9.48. The molecule has 2 aliphatic rings. The van der Waals surface area contributed by atoms with Gasteiger partial charge in [0.25, 0.3) is 5.91 Å². The van der Waals surface area contributed by atoms with E-state index in [1.165, 1.54) is 4.90 Å². The Morgan fingerprint density at radius 1 is 0.906 bits per heavy atom. The summed E-state index contributed by atoms with van der Waals surface area (Å²) in [6.07, 6.45) is 2.78. The molecule has 7 heteroatoms. The molecule has 32 heavy (non-hydrogen) atoms. The highest BCUT2D eigenvalue weighted by Crippen LogP contribution is 2.45. The average molecular weight is 562 g/mol. The molecule has 0 aromatic heterocycles. The Balaban J connectivity index is 1.68. The van der Waals surface area contributed by atoms with Gasteiger partial charge in [-0.1, -0.05) is 76.0 Å². The summed E-state index contributed by atoms with van der Waals surface area (Å²) in [6.45, 7) is 4.10.